The summed E-state index contributed by atoms with van der Waals surface area (Å²) in [6.45, 7) is 5.48. The number of rotatable bonds is 4. The van der Waals surface area contributed by atoms with E-state index in [1.807, 2.05) is 26.0 Å². The van der Waals surface area contributed by atoms with Crippen molar-refractivity contribution in [3.63, 3.8) is 0 Å². The van der Waals surface area contributed by atoms with Gasteiger partial charge in [0, 0.05) is 23.2 Å². The molecule has 5 nitrogen and oxygen atoms in total. The summed E-state index contributed by atoms with van der Waals surface area (Å²) in [5, 5.41) is 13.1. The van der Waals surface area contributed by atoms with E-state index in [0.29, 0.717) is 6.04 Å². The fourth-order valence-corrected chi connectivity index (χ4v) is 1.92. The number of nitriles is 1. The summed E-state index contributed by atoms with van der Waals surface area (Å²) in [7, 11) is 0. The molecule has 0 spiro atoms. The van der Waals surface area contributed by atoms with E-state index < -0.39 is 0 Å². The first-order valence-electron chi connectivity index (χ1n) is 6.37. The fourth-order valence-electron chi connectivity index (χ4n) is 1.92. The number of Topliss-reactive ketones (excluding diaryl/α,β-unsaturated/α-hetero) is 1. The number of fused-ring (bicyclic) bond motifs is 1. The van der Waals surface area contributed by atoms with Crippen LogP contribution in [0.3, 0.4) is 0 Å². The van der Waals surface area contributed by atoms with E-state index in [9.17, 15) is 4.79 Å². The minimum absolute atomic E-state index is 0.133. The van der Waals surface area contributed by atoms with Gasteiger partial charge in [-0.15, -0.1) is 0 Å². The second-order valence-corrected chi connectivity index (χ2v) is 4.89. The first-order valence-corrected chi connectivity index (χ1v) is 6.37. The largest absolute Gasteiger partial charge is 0.382 e. The molecular weight excluding hydrogens is 252 g/mol. The number of nitrogens with one attached hydrogen (secondary N) is 2. The van der Waals surface area contributed by atoms with Crippen LogP contribution in [0.4, 0.5) is 5.69 Å². The van der Waals surface area contributed by atoms with Gasteiger partial charge in [0.1, 0.15) is 11.7 Å². The summed E-state index contributed by atoms with van der Waals surface area (Å²) < 4.78 is 0. The molecule has 2 rings (SSSR count). The zero-order chi connectivity index (χ0) is 14.7. The van der Waals surface area contributed by atoms with Crippen LogP contribution >= 0.6 is 0 Å². The first-order chi connectivity index (χ1) is 9.51. The lowest BCUT2D eigenvalue weighted by Crippen LogP contribution is -2.09. The number of hydrogen-bond donors (Lipinski definition) is 2. The maximum absolute atomic E-state index is 11.3. The molecule has 0 fully saturated rings. The Morgan fingerprint density at radius 2 is 2.30 bits per heavy atom. The van der Waals surface area contributed by atoms with E-state index in [0.717, 1.165) is 22.3 Å². The topological polar surface area (TPSA) is 81.6 Å². The van der Waals surface area contributed by atoms with E-state index in [2.05, 4.69) is 15.3 Å². The summed E-state index contributed by atoms with van der Waals surface area (Å²) in [5.41, 5.74) is 2.55. The zero-order valence-electron chi connectivity index (χ0n) is 11.7. The molecule has 0 aliphatic rings. The van der Waals surface area contributed by atoms with Gasteiger partial charge < -0.3 is 10.3 Å². The fraction of sp³-hybridized carbons (Fsp3) is 0.267. The van der Waals surface area contributed by atoms with E-state index in [4.69, 9.17) is 5.26 Å². The molecule has 0 unspecified atom stereocenters. The van der Waals surface area contributed by atoms with Gasteiger partial charge in [-0.3, -0.25) is 4.79 Å². The molecule has 5 heteroatoms. The summed E-state index contributed by atoms with van der Waals surface area (Å²) in [4.78, 5) is 18.7. The Hall–Kier alpha value is -2.61. The van der Waals surface area contributed by atoms with Crippen molar-refractivity contribution in [2.45, 2.75) is 26.8 Å². The molecule has 102 valence electrons. The van der Waals surface area contributed by atoms with Gasteiger partial charge in [-0.25, -0.2) is 4.98 Å². The number of aromatic nitrogens is 2. The smallest absolute Gasteiger partial charge is 0.170 e. The van der Waals surface area contributed by atoms with Crippen LogP contribution in [0, 0.1) is 11.3 Å². The average molecular weight is 268 g/mol. The highest BCUT2D eigenvalue weighted by Gasteiger charge is 2.08. The van der Waals surface area contributed by atoms with Gasteiger partial charge >= 0.3 is 0 Å². The summed E-state index contributed by atoms with van der Waals surface area (Å²) in [6.07, 6.45) is 5.08. The third-order valence-electron chi connectivity index (χ3n) is 2.82. The average Bonchev–Trinajstić information content (AvgIpc) is 2.77. The van der Waals surface area contributed by atoms with Gasteiger partial charge in [-0.05, 0) is 32.9 Å². The van der Waals surface area contributed by atoms with Gasteiger partial charge in [0.05, 0.1) is 17.5 Å². The molecule has 20 heavy (non-hydrogen) atoms. The molecule has 0 aromatic carbocycles. The Morgan fingerprint density at radius 1 is 1.55 bits per heavy atom. The molecule has 0 saturated heterocycles. The molecule has 0 amide bonds. The second kappa shape index (κ2) is 5.57. The van der Waals surface area contributed by atoms with E-state index >= 15 is 0 Å². The number of anilines is 1. The molecule has 2 heterocycles. The molecule has 0 atom stereocenters. The van der Waals surface area contributed by atoms with Crippen molar-refractivity contribution in [1.82, 2.24) is 9.97 Å². The molecule has 0 aliphatic heterocycles. The number of ketones is 1. The van der Waals surface area contributed by atoms with E-state index in [1.54, 1.807) is 18.5 Å². The molecule has 2 aromatic rings. The minimum atomic E-state index is -0.244. The van der Waals surface area contributed by atoms with Crippen molar-refractivity contribution in [3.05, 3.63) is 29.6 Å². The normalized spacial score (nSPS) is 11.7. The Morgan fingerprint density at radius 3 is 2.90 bits per heavy atom. The molecule has 0 aliphatic carbocycles. The molecule has 0 saturated carbocycles. The van der Waals surface area contributed by atoms with Gasteiger partial charge in [-0.1, -0.05) is 0 Å². The monoisotopic (exact) mass is 268 g/mol. The number of H-pyrrole nitrogens is 1. The molecule has 2 N–H and O–H groups in total. The van der Waals surface area contributed by atoms with Gasteiger partial charge in [0.25, 0.3) is 0 Å². The van der Waals surface area contributed by atoms with Crippen molar-refractivity contribution in [3.8, 4) is 6.07 Å². The van der Waals surface area contributed by atoms with Crippen LogP contribution in [0.25, 0.3) is 17.1 Å². The lowest BCUT2D eigenvalue weighted by molar-refractivity contribution is -0.113. The van der Waals surface area contributed by atoms with Crippen LogP contribution < -0.4 is 5.32 Å². The van der Waals surface area contributed by atoms with Crippen molar-refractivity contribution >= 4 is 28.6 Å². The predicted molar refractivity (Wildman–Crippen MR) is 79.1 cm³/mol. The minimum Gasteiger partial charge on any atom is -0.382 e. The SMILES string of the molecule is CC(=O)C(C#N)=Cc1c[nH]c2ncc(NC(C)C)cc12. The summed E-state index contributed by atoms with van der Waals surface area (Å²) in [6, 6.07) is 4.18. The predicted octanol–water partition coefficient (Wildman–Crippen LogP) is 2.88. The highest BCUT2D eigenvalue weighted by Crippen LogP contribution is 2.22. The standard InChI is InChI=1S/C15H16N4O/c1-9(2)19-13-5-14-12(4-11(6-16)10(3)20)7-17-15(14)18-8-13/h4-5,7-9,19H,1-3H3,(H,17,18). The molecule has 0 bridgehead atoms. The summed E-state index contributed by atoms with van der Waals surface area (Å²) >= 11 is 0. The Balaban J connectivity index is 2.50. The van der Waals surface area contributed by atoms with Crippen LogP contribution in [0.2, 0.25) is 0 Å². The van der Waals surface area contributed by atoms with E-state index in [-0.39, 0.29) is 11.4 Å². The Labute approximate surface area is 117 Å². The van der Waals surface area contributed by atoms with Gasteiger partial charge in [0.2, 0.25) is 0 Å². The number of nitrogens with zero attached hydrogens (tertiary/aromatic N) is 2. The van der Waals surface area contributed by atoms with Crippen molar-refractivity contribution in [1.29, 1.82) is 5.26 Å². The number of aromatic amines is 1. The van der Waals surface area contributed by atoms with Crippen LogP contribution in [0.15, 0.2) is 24.0 Å². The Kier molecular flexibility index (Phi) is 3.85. The quantitative estimate of drug-likeness (QED) is 0.660. The number of allylic oxidation sites excluding steroid dienone is 1. The maximum Gasteiger partial charge on any atom is 0.170 e. The Bertz CT molecular complexity index is 719. The number of carbonyl (C=O) groups excluding carboxylic acids is 1. The van der Waals surface area contributed by atoms with Crippen molar-refractivity contribution < 1.29 is 4.79 Å². The number of carbonyl (C=O) groups is 1. The van der Waals surface area contributed by atoms with Gasteiger partial charge in [0.15, 0.2) is 5.78 Å². The highest BCUT2D eigenvalue weighted by atomic mass is 16.1. The third-order valence-corrected chi connectivity index (χ3v) is 2.82. The maximum atomic E-state index is 11.3. The van der Waals surface area contributed by atoms with Gasteiger partial charge in [-0.2, -0.15) is 5.26 Å². The van der Waals surface area contributed by atoms with Crippen LogP contribution in [-0.2, 0) is 4.79 Å². The number of hydrogen-bond acceptors (Lipinski definition) is 4. The molecule has 0 radical (unpaired) electrons. The lowest BCUT2D eigenvalue weighted by atomic mass is 10.1. The zero-order valence-corrected chi connectivity index (χ0v) is 11.7. The first kappa shape index (κ1) is 13.8. The highest BCUT2D eigenvalue weighted by molar-refractivity contribution is 6.03. The van der Waals surface area contributed by atoms with Crippen LogP contribution in [0.5, 0.6) is 0 Å². The second-order valence-electron chi connectivity index (χ2n) is 4.89. The van der Waals surface area contributed by atoms with E-state index in [1.165, 1.54) is 6.92 Å². The molecule has 2 aromatic heterocycles. The van der Waals surface area contributed by atoms with Crippen LogP contribution in [-0.4, -0.2) is 21.8 Å². The van der Waals surface area contributed by atoms with Crippen LogP contribution in [0.1, 0.15) is 26.3 Å². The molecular formula is C15H16N4O. The number of pyridine rings is 1. The lowest BCUT2D eigenvalue weighted by Gasteiger charge is -2.09. The van der Waals surface area contributed by atoms with Crippen molar-refractivity contribution in [2.75, 3.05) is 5.32 Å². The third kappa shape index (κ3) is 2.86. The summed E-state index contributed by atoms with van der Waals surface area (Å²) in [5.74, 6) is -0.244. The van der Waals surface area contributed by atoms with Crippen molar-refractivity contribution in [2.24, 2.45) is 0 Å².